The zero-order valence-corrected chi connectivity index (χ0v) is 7.85. The van der Waals surface area contributed by atoms with Gasteiger partial charge < -0.3 is 5.32 Å². The Morgan fingerprint density at radius 2 is 2.27 bits per heavy atom. The third-order valence-corrected chi connectivity index (χ3v) is 1.63. The second-order valence-corrected chi connectivity index (χ2v) is 2.78. The van der Waals surface area contributed by atoms with Gasteiger partial charge in [0.2, 0.25) is 5.91 Å². The van der Waals surface area contributed by atoms with Crippen molar-refractivity contribution in [1.82, 2.24) is 0 Å². The lowest BCUT2D eigenvalue weighted by Gasteiger charge is -2.01. The van der Waals surface area contributed by atoms with Gasteiger partial charge in [0.15, 0.2) is 0 Å². The largest absolute Gasteiger partial charge is 0.326 e. The monoisotopic (exact) mass is 205 g/mol. The van der Waals surface area contributed by atoms with Crippen molar-refractivity contribution in [2.75, 3.05) is 5.32 Å². The molecule has 0 aromatic heterocycles. The summed E-state index contributed by atoms with van der Waals surface area (Å²) in [7, 11) is 0. The fourth-order valence-electron chi connectivity index (χ4n) is 1.07. The molecule has 0 fully saturated rings. The average molecular weight is 205 g/mol. The van der Waals surface area contributed by atoms with E-state index in [0.29, 0.717) is 5.69 Å². The van der Waals surface area contributed by atoms with E-state index in [1.54, 1.807) is 6.07 Å². The summed E-state index contributed by atoms with van der Waals surface area (Å²) in [6, 6.07) is 5.52. The summed E-state index contributed by atoms with van der Waals surface area (Å²) in [4.78, 5) is 20.5. The number of carbonyl (C=O) groups excluding carboxylic acids is 1. The highest BCUT2D eigenvalue weighted by atomic mass is 16.6. The maximum atomic E-state index is 10.7. The smallest absolute Gasteiger partial charge is 0.287 e. The van der Waals surface area contributed by atoms with Gasteiger partial charge in [-0.25, -0.2) is 0 Å². The summed E-state index contributed by atoms with van der Waals surface area (Å²) < 4.78 is 0. The molecule has 0 atom stereocenters. The van der Waals surface area contributed by atoms with Gasteiger partial charge >= 0.3 is 0 Å². The lowest BCUT2D eigenvalue weighted by molar-refractivity contribution is -0.385. The SMILES string of the molecule is CC(=O)Nc1ccc([N+](=O)[O-])c(C#N)c1. The van der Waals surface area contributed by atoms with Crippen LogP contribution in [0.25, 0.3) is 0 Å². The topological polar surface area (TPSA) is 96.0 Å². The Hall–Kier alpha value is -2.42. The number of nitriles is 1. The molecule has 0 bridgehead atoms. The van der Waals surface area contributed by atoms with Crippen molar-refractivity contribution >= 4 is 17.3 Å². The molecule has 0 heterocycles. The van der Waals surface area contributed by atoms with Gasteiger partial charge in [-0.2, -0.15) is 5.26 Å². The first-order valence-corrected chi connectivity index (χ1v) is 4.00. The van der Waals surface area contributed by atoms with Crippen molar-refractivity contribution in [3.63, 3.8) is 0 Å². The molecule has 0 saturated heterocycles. The van der Waals surface area contributed by atoms with Gasteiger partial charge in [-0.1, -0.05) is 0 Å². The Labute approximate surface area is 85.3 Å². The molecular weight excluding hydrogens is 198 g/mol. The second-order valence-electron chi connectivity index (χ2n) is 2.78. The lowest BCUT2D eigenvalue weighted by Crippen LogP contribution is -2.06. The molecule has 1 N–H and O–H groups in total. The Balaban J connectivity index is 3.15. The van der Waals surface area contributed by atoms with Crippen molar-refractivity contribution in [1.29, 1.82) is 5.26 Å². The zero-order chi connectivity index (χ0) is 11.4. The van der Waals surface area contributed by atoms with Gasteiger partial charge in [0.05, 0.1) is 4.92 Å². The summed E-state index contributed by atoms with van der Waals surface area (Å²) in [6.45, 7) is 1.31. The van der Waals surface area contributed by atoms with Crippen LogP contribution in [-0.4, -0.2) is 10.8 Å². The van der Waals surface area contributed by atoms with E-state index in [4.69, 9.17) is 5.26 Å². The predicted molar refractivity (Wildman–Crippen MR) is 52.1 cm³/mol. The molecule has 0 aliphatic carbocycles. The minimum Gasteiger partial charge on any atom is -0.326 e. The van der Waals surface area contributed by atoms with Crippen LogP contribution in [0.1, 0.15) is 12.5 Å². The van der Waals surface area contributed by atoms with Crippen molar-refractivity contribution < 1.29 is 9.72 Å². The van der Waals surface area contributed by atoms with Crippen LogP contribution in [-0.2, 0) is 4.79 Å². The number of amides is 1. The van der Waals surface area contributed by atoms with Crippen LogP contribution in [0.4, 0.5) is 11.4 Å². The molecule has 1 aromatic carbocycles. The van der Waals surface area contributed by atoms with Gasteiger partial charge in [-0.05, 0) is 12.1 Å². The normalized spacial score (nSPS) is 9.07. The number of hydrogen-bond acceptors (Lipinski definition) is 4. The molecule has 6 nitrogen and oxygen atoms in total. The fourth-order valence-corrected chi connectivity index (χ4v) is 1.07. The molecule has 15 heavy (non-hydrogen) atoms. The van der Waals surface area contributed by atoms with E-state index < -0.39 is 4.92 Å². The van der Waals surface area contributed by atoms with Crippen molar-refractivity contribution in [3.8, 4) is 6.07 Å². The van der Waals surface area contributed by atoms with E-state index in [9.17, 15) is 14.9 Å². The first-order chi connectivity index (χ1) is 7.04. The molecule has 76 valence electrons. The van der Waals surface area contributed by atoms with Gasteiger partial charge in [0, 0.05) is 18.7 Å². The predicted octanol–water partition coefficient (Wildman–Crippen LogP) is 1.42. The highest BCUT2D eigenvalue weighted by molar-refractivity contribution is 5.89. The molecule has 1 amide bonds. The fraction of sp³-hybridized carbons (Fsp3) is 0.111. The van der Waals surface area contributed by atoms with E-state index in [2.05, 4.69) is 5.32 Å². The number of nitrogens with zero attached hydrogens (tertiary/aromatic N) is 2. The number of carbonyl (C=O) groups is 1. The van der Waals surface area contributed by atoms with E-state index in [0.717, 1.165) is 0 Å². The number of nitro groups is 1. The van der Waals surface area contributed by atoms with E-state index in [-0.39, 0.29) is 17.2 Å². The van der Waals surface area contributed by atoms with Gasteiger partial charge in [-0.3, -0.25) is 14.9 Å². The maximum Gasteiger partial charge on any atom is 0.287 e. The molecule has 1 aromatic rings. The highest BCUT2D eigenvalue weighted by Gasteiger charge is 2.13. The lowest BCUT2D eigenvalue weighted by atomic mass is 10.2. The summed E-state index contributed by atoms with van der Waals surface area (Å²) in [5.41, 5.74) is 0.0162. The first-order valence-electron chi connectivity index (χ1n) is 4.00. The highest BCUT2D eigenvalue weighted by Crippen LogP contribution is 2.21. The zero-order valence-electron chi connectivity index (χ0n) is 7.85. The average Bonchev–Trinajstić information content (AvgIpc) is 2.16. The number of hydrogen-bond donors (Lipinski definition) is 1. The maximum absolute atomic E-state index is 10.7. The van der Waals surface area contributed by atoms with E-state index in [1.807, 2.05) is 0 Å². The minimum atomic E-state index is -0.643. The molecule has 0 radical (unpaired) electrons. The van der Waals surface area contributed by atoms with E-state index in [1.165, 1.54) is 25.1 Å². The van der Waals surface area contributed by atoms with Crippen LogP contribution in [0.15, 0.2) is 18.2 Å². The van der Waals surface area contributed by atoms with Crippen LogP contribution in [0.5, 0.6) is 0 Å². The quantitative estimate of drug-likeness (QED) is 0.583. The molecule has 6 heteroatoms. The van der Waals surface area contributed by atoms with Gasteiger partial charge in [0.25, 0.3) is 5.69 Å². The standard InChI is InChI=1S/C9H7N3O3/c1-6(13)11-8-2-3-9(12(14)15)7(4-8)5-10/h2-4H,1H3,(H,11,13). The summed E-state index contributed by atoms with van der Waals surface area (Å²) in [5.74, 6) is -0.298. The third kappa shape index (κ3) is 2.51. The van der Waals surface area contributed by atoms with Crippen molar-refractivity contribution in [2.45, 2.75) is 6.92 Å². The molecule has 0 aliphatic heterocycles. The second kappa shape index (κ2) is 4.19. The molecular formula is C9H7N3O3. The van der Waals surface area contributed by atoms with E-state index >= 15 is 0 Å². The van der Waals surface area contributed by atoms with Crippen LogP contribution in [0, 0.1) is 21.4 Å². The number of rotatable bonds is 2. The van der Waals surface area contributed by atoms with Crippen molar-refractivity contribution in [3.05, 3.63) is 33.9 Å². The number of benzene rings is 1. The first kappa shape index (κ1) is 10.7. The number of nitrogens with one attached hydrogen (secondary N) is 1. The van der Waals surface area contributed by atoms with Gasteiger partial charge in [-0.15, -0.1) is 0 Å². The van der Waals surface area contributed by atoms with Gasteiger partial charge in [0.1, 0.15) is 11.6 Å². The Morgan fingerprint density at radius 3 is 2.73 bits per heavy atom. The Morgan fingerprint density at radius 1 is 1.60 bits per heavy atom. The third-order valence-electron chi connectivity index (χ3n) is 1.63. The summed E-state index contributed by atoms with van der Waals surface area (Å²) >= 11 is 0. The Kier molecular flexibility index (Phi) is 2.98. The number of anilines is 1. The summed E-state index contributed by atoms with van der Waals surface area (Å²) in [6.07, 6.45) is 0. The number of nitro benzene ring substituents is 1. The molecule has 0 aliphatic rings. The molecule has 0 saturated carbocycles. The minimum absolute atomic E-state index is 0.0775. The van der Waals surface area contributed by atoms with Crippen LogP contribution in [0.3, 0.4) is 0 Å². The molecule has 1 rings (SSSR count). The Bertz CT molecular complexity index is 462. The molecule has 0 spiro atoms. The molecule has 0 unspecified atom stereocenters. The van der Waals surface area contributed by atoms with Crippen LogP contribution >= 0.6 is 0 Å². The van der Waals surface area contributed by atoms with Crippen LogP contribution in [0.2, 0.25) is 0 Å². The van der Waals surface area contributed by atoms with Crippen molar-refractivity contribution in [2.24, 2.45) is 0 Å². The van der Waals surface area contributed by atoms with Crippen LogP contribution < -0.4 is 5.32 Å². The summed E-state index contributed by atoms with van der Waals surface area (Å²) in [5, 5.41) is 21.6.